The molecule has 1 atom stereocenters. The SMILES string of the molecule is NNc1cnccc1C(=O)NCC1Cc2ccccc21. The predicted molar refractivity (Wildman–Crippen MR) is 77.3 cm³/mol. The van der Waals surface area contributed by atoms with E-state index in [1.807, 2.05) is 12.1 Å². The number of hydrazine groups is 1. The Kier molecular flexibility index (Phi) is 3.35. The van der Waals surface area contributed by atoms with Gasteiger partial charge in [0.15, 0.2) is 0 Å². The van der Waals surface area contributed by atoms with Gasteiger partial charge in [-0.1, -0.05) is 24.3 Å². The second-order valence-electron chi connectivity index (χ2n) is 4.88. The van der Waals surface area contributed by atoms with Crippen LogP contribution < -0.4 is 16.6 Å². The Labute approximate surface area is 117 Å². The summed E-state index contributed by atoms with van der Waals surface area (Å²) in [6, 6.07) is 9.98. The number of carbonyl (C=O) groups is 1. The molecule has 20 heavy (non-hydrogen) atoms. The van der Waals surface area contributed by atoms with E-state index in [-0.39, 0.29) is 5.91 Å². The number of nitrogen functional groups attached to an aromatic ring is 1. The molecule has 1 amide bonds. The van der Waals surface area contributed by atoms with Crippen LogP contribution in [0.4, 0.5) is 5.69 Å². The summed E-state index contributed by atoms with van der Waals surface area (Å²) in [6.45, 7) is 0.641. The summed E-state index contributed by atoms with van der Waals surface area (Å²) in [5.74, 6) is 5.65. The van der Waals surface area contributed by atoms with Gasteiger partial charge in [-0.05, 0) is 23.6 Å². The molecule has 0 saturated heterocycles. The Hall–Kier alpha value is -2.40. The smallest absolute Gasteiger partial charge is 0.253 e. The maximum absolute atomic E-state index is 12.1. The molecule has 2 aromatic rings. The van der Waals surface area contributed by atoms with Gasteiger partial charge in [0.25, 0.3) is 5.91 Å². The fourth-order valence-corrected chi connectivity index (χ4v) is 2.56. The van der Waals surface area contributed by atoms with Crippen LogP contribution in [0.3, 0.4) is 0 Å². The quantitative estimate of drug-likeness (QED) is 0.579. The van der Waals surface area contributed by atoms with E-state index in [9.17, 15) is 4.79 Å². The summed E-state index contributed by atoms with van der Waals surface area (Å²) >= 11 is 0. The highest BCUT2D eigenvalue weighted by Gasteiger charge is 2.25. The lowest BCUT2D eigenvalue weighted by Crippen LogP contribution is -2.33. The van der Waals surface area contributed by atoms with Crippen LogP contribution in [0.25, 0.3) is 0 Å². The summed E-state index contributed by atoms with van der Waals surface area (Å²) in [7, 11) is 0. The van der Waals surface area contributed by atoms with E-state index >= 15 is 0 Å². The van der Waals surface area contributed by atoms with Gasteiger partial charge in [-0.15, -0.1) is 0 Å². The first-order valence-electron chi connectivity index (χ1n) is 6.56. The molecule has 0 radical (unpaired) electrons. The topological polar surface area (TPSA) is 80.0 Å². The van der Waals surface area contributed by atoms with Crippen molar-refractivity contribution in [2.24, 2.45) is 5.84 Å². The van der Waals surface area contributed by atoms with Crippen molar-refractivity contribution >= 4 is 11.6 Å². The number of pyridine rings is 1. The van der Waals surface area contributed by atoms with Crippen molar-refractivity contribution < 1.29 is 4.79 Å². The van der Waals surface area contributed by atoms with Crippen LogP contribution in [0.5, 0.6) is 0 Å². The number of hydrogen-bond acceptors (Lipinski definition) is 4. The molecule has 1 aromatic carbocycles. The molecule has 5 heteroatoms. The molecular weight excluding hydrogens is 252 g/mol. The average molecular weight is 268 g/mol. The molecule has 102 valence electrons. The number of benzene rings is 1. The molecule has 4 N–H and O–H groups in total. The molecule has 1 aliphatic rings. The number of nitrogens with one attached hydrogen (secondary N) is 2. The lowest BCUT2D eigenvalue weighted by Gasteiger charge is -2.30. The maximum atomic E-state index is 12.1. The molecule has 0 saturated carbocycles. The third-order valence-corrected chi connectivity index (χ3v) is 3.69. The van der Waals surface area contributed by atoms with E-state index in [1.165, 1.54) is 17.3 Å². The third kappa shape index (κ3) is 2.23. The first kappa shape index (κ1) is 12.6. The Morgan fingerprint density at radius 1 is 1.35 bits per heavy atom. The zero-order valence-corrected chi connectivity index (χ0v) is 11.0. The summed E-state index contributed by atoms with van der Waals surface area (Å²) in [4.78, 5) is 16.1. The van der Waals surface area contributed by atoms with Gasteiger partial charge >= 0.3 is 0 Å². The highest BCUT2D eigenvalue weighted by atomic mass is 16.1. The number of nitrogens with zero attached hydrogens (tertiary/aromatic N) is 1. The lowest BCUT2D eigenvalue weighted by molar-refractivity contribution is 0.0950. The number of amides is 1. The molecule has 0 fully saturated rings. The lowest BCUT2D eigenvalue weighted by atomic mass is 9.77. The summed E-state index contributed by atoms with van der Waals surface area (Å²) in [6.07, 6.45) is 4.14. The van der Waals surface area contributed by atoms with Crippen molar-refractivity contribution in [3.8, 4) is 0 Å². The number of aromatic nitrogens is 1. The zero-order valence-electron chi connectivity index (χ0n) is 11.0. The van der Waals surface area contributed by atoms with Crippen molar-refractivity contribution in [2.45, 2.75) is 12.3 Å². The molecular formula is C15H16N4O. The standard InChI is InChI=1S/C15H16N4O/c16-19-14-9-17-6-5-13(14)15(20)18-8-11-7-10-3-1-2-4-12(10)11/h1-6,9,11,19H,7-8,16H2,(H,18,20). The van der Waals surface area contributed by atoms with E-state index in [4.69, 9.17) is 5.84 Å². The zero-order chi connectivity index (χ0) is 13.9. The van der Waals surface area contributed by atoms with Crippen molar-refractivity contribution in [1.29, 1.82) is 0 Å². The molecule has 1 aromatic heterocycles. The van der Waals surface area contributed by atoms with Crippen molar-refractivity contribution in [3.63, 3.8) is 0 Å². The van der Waals surface area contributed by atoms with Gasteiger partial charge in [0, 0.05) is 18.7 Å². The second-order valence-corrected chi connectivity index (χ2v) is 4.88. The van der Waals surface area contributed by atoms with Crippen LogP contribution >= 0.6 is 0 Å². The van der Waals surface area contributed by atoms with Crippen molar-refractivity contribution in [2.75, 3.05) is 12.0 Å². The normalized spacial score (nSPS) is 15.9. The minimum atomic E-state index is -0.135. The second kappa shape index (κ2) is 5.30. The molecule has 0 bridgehead atoms. The number of anilines is 1. The number of nitrogens with two attached hydrogens (primary N) is 1. The minimum absolute atomic E-state index is 0.135. The third-order valence-electron chi connectivity index (χ3n) is 3.69. The van der Waals surface area contributed by atoms with Gasteiger partial charge in [-0.3, -0.25) is 15.6 Å². The minimum Gasteiger partial charge on any atom is -0.351 e. The highest BCUT2D eigenvalue weighted by Crippen LogP contribution is 2.34. The molecule has 1 unspecified atom stereocenters. The van der Waals surface area contributed by atoms with E-state index in [0.29, 0.717) is 23.7 Å². The summed E-state index contributed by atoms with van der Waals surface area (Å²) < 4.78 is 0. The Morgan fingerprint density at radius 2 is 2.20 bits per heavy atom. The van der Waals surface area contributed by atoms with Gasteiger partial charge in [0.1, 0.15) is 0 Å². The van der Waals surface area contributed by atoms with Crippen LogP contribution in [-0.4, -0.2) is 17.4 Å². The van der Waals surface area contributed by atoms with Crippen molar-refractivity contribution in [3.05, 3.63) is 59.4 Å². The number of carbonyl (C=O) groups excluding carboxylic acids is 1. The van der Waals surface area contributed by atoms with Crippen LogP contribution in [0.1, 0.15) is 27.4 Å². The summed E-state index contributed by atoms with van der Waals surface area (Å²) in [5.41, 5.74) is 6.23. The first-order valence-corrected chi connectivity index (χ1v) is 6.56. The van der Waals surface area contributed by atoms with Crippen molar-refractivity contribution in [1.82, 2.24) is 10.3 Å². The average Bonchev–Trinajstić information content (AvgIpc) is 2.48. The van der Waals surface area contributed by atoms with Crippen LogP contribution in [-0.2, 0) is 6.42 Å². The van der Waals surface area contributed by atoms with E-state index < -0.39 is 0 Å². The van der Waals surface area contributed by atoms with Gasteiger partial charge in [0.2, 0.25) is 0 Å². The van der Waals surface area contributed by atoms with Crippen LogP contribution in [0, 0.1) is 0 Å². The number of fused-ring (bicyclic) bond motifs is 1. The van der Waals surface area contributed by atoms with Gasteiger partial charge < -0.3 is 10.7 Å². The Balaban J connectivity index is 1.64. The maximum Gasteiger partial charge on any atom is 0.253 e. The van der Waals surface area contributed by atoms with E-state index in [1.54, 1.807) is 12.3 Å². The fourth-order valence-electron chi connectivity index (χ4n) is 2.56. The molecule has 1 heterocycles. The number of hydrogen-bond donors (Lipinski definition) is 3. The number of rotatable bonds is 4. The molecule has 0 aliphatic heterocycles. The van der Waals surface area contributed by atoms with Crippen LogP contribution in [0.15, 0.2) is 42.7 Å². The molecule has 1 aliphatic carbocycles. The van der Waals surface area contributed by atoms with Crippen LogP contribution in [0.2, 0.25) is 0 Å². The Bertz CT molecular complexity index is 641. The van der Waals surface area contributed by atoms with E-state index in [0.717, 1.165) is 6.42 Å². The van der Waals surface area contributed by atoms with Gasteiger partial charge in [-0.25, -0.2) is 0 Å². The Morgan fingerprint density at radius 3 is 3.00 bits per heavy atom. The predicted octanol–water partition coefficient (Wildman–Crippen LogP) is 1.44. The van der Waals surface area contributed by atoms with Gasteiger partial charge in [-0.2, -0.15) is 0 Å². The largest absolute Gasteiger partial charge is 0.351 e. The van der Waals surface area contributed by atoms with E-state index in [2.05, 4.69) is 27.9 Å². The molecule has 3 rings (SSSR count). The highest BCUT2D eigenvalue weighted by molar-refractivity contribution is 5.99. The monoisotopic (exact) mass is 268 g/mol. The van der Waals surface area contributed by atoms with Gasteiger partial charge in [0.05, 0.1) is 17.4 Å². The first-order chi connectivity index (χ1) is 9.79. The summed E-state index contributed by atoms with van der Waals surface area (Å²) in [5, 5.41) is 2.95. The molecule has 0 spiro atoms. The fraction of sp³-hybridized carbons (Fsp3) is 0.200. The molecule has 5 nitrogen and oxygen atoms in total.